The van der Waals surface area contributed by atoms with Gasteiger partial charge in [-0.2, -0.15) is 0 Å². The van der Waals surface area contributed by atoms with Crippen molar-refractivity contribution in [2.45, 2.75) is 30.2 Å². The Morgan fingerprint density at radius 3 is 2.29 bits per heavy atom. The lowest BCUT2D eigenvalue weighted by atomic mass is 10.2. The number of sulfonamides is 1. The topological polar surface area (TPSA) is 101 Å². The number of hydrogen-bond acceptors (Lipinski definition) is 5. The van der Waals surface area contributed by atoms with Crippen LogP contribution < -0.4 is 4.72 Å². The monoisotopic (exact) mass is 372 g/mol. The van der Waals surface area contributed by atoms with Crippen LogP contribution in [-0.4, -0.2) is 58.3 Å². The molecule has 24 heavy (non-hydrogen) atoms. The number of likely N-dealkylation sites (tertiary alicyclic amines) is 1. The highest BCUT2D eigenvalue weighted by Crippen LogP contribution is 2.18. The normalized spacial score (nSPS) is 23.5. The Morgan fingerprint density at radius 2 is 1.75 bits per heavy atom. The van der Waals surface area contributed by atoms with Gasteiger partial charge in [0.05, 0.1) is 16.4 Å². The van der Waals surface area contributed by atoms with E-state index in [-0.39, 0.29) is 28.7 Å². The molecule has 2 heterocycles. The second-order valence-electron chi connectivity index (χ2n) is 6.24. The lowest BCUT2D eigenvalue weighted by molar-refractivity contribution is 0.0792. The Morgan fingerprint density at radius 1 is 1.12 bits per heavy atom. The van der Waals surface area contributed by atoms with Crippen LogP contribution in [0.2, 0.25) is 0 Å². The summed E-state index contributed by atoms with van der Waals surface area (Å²) >= 11 is 0. The molecule has 2 fully saturated rings. The third-order valence-electron chi connectivity index (χ3n) is 4.36. The van der Waals surface area contributed by atoms with Crippen LogP contribution in [-0.2, 0) is 19.9 Å². The van der Waals surface area contributed by atoms with E-state index in [9.17, 15) is 21.6 Å². The minimum Gasteiger partial charge on any atom is -0.339 e. The number of sulfone groups is 1. The molecule has 7 nitrogen and oxygen atoms in total. The van der Waals surface area contributed by atoms with E-state index in [1.165, 1.54) is 24.3 Å². The van der Waals surface area contributed by atoms with Crippen LogP contribution in [0.25, 0.3) is 0 Å². The van der Waals surface area contributed by atoms with Gasteiger partial charge in [0.2, 0.25) is 10.0 Å². The lowest BCUT2D eigenvalue weighted by Gasteiger charge is -2.16. The molecular weight excluding hydrogens is 352 g/mol. The number of nitrogens with one attached hydrogen (secondary N) is 1. The maximum absolute atomic E-state index is 12.3. The minimum absolute atomic E-state index is 0.00343. The molecule has 1 atom stereocenters. The molecule has 2 aliphatic heterocycles. The number of benzene rings is 1. The van der Waals surface area contributed by atoms with E-state index in [0.717, 1.165) is 25.9 Å². The number of rotatable bonds is 4. The van der Waals surface area contributed by atoms with Gasteiger partial charge in [0.15, 0.2) is 9.84 Å². The van der Waals surface area contributed by atoms with Gasteiger partial charge in [-0.25, -0.2) is 21.6 Å². The van der Waals surface area contributed by atoms with Crippen LogP contribution in [0.1, 0.15) is 29.6 Å². The molecule has 0 saturated carbocycles. The molecule has 0 radical (unpaired) electrons. The van der Waals surface area contributed by atoms with E-state index >= 15 is 0 Å². The average molecular weight is 372 g/mol. The number of amides is 1. The molecule has 1 aromatic carbocycles. The molecule has 1 N–H and O–H groups in total. The quantitative estimate of drug-likeness (QED) is 0.824. The molecule has 9 heteroatoms. The molecule has 2 saturated heterocycles. The summed E-state index contributed by atoms with van der Waals surface area (Å²) in [6.07, 6.45) is 2.27. The zero-order chi connectivity index (χ0) is 17.4. The predicted molar refractivity (Wildman–Crippen MR) is 89.0 cm³/mol. The summed E-state index contributed by atoms with van der Waals surface area (Å²) in [6.45, 7) is 1.47. The fourth-order valence-electron chi connectivity index (χ4n) is 3.05. The maximum Gasteiger partial charge on any atom is 0.253 e. The van der Waals surface area contributed by atoms with Crippen LogP contribution in [0.5, 0.6) is 0 Å². The summed E-state index contributed by atoms with van der Waals surface area (Å²) in [7, 11) is -6.95. The van der Waals surface area contributed by atoms with Gasteiger partial charge < -0.3 is 4.90 Å². The Bertz CT molecular complexity index is 825. The van der Waals surface area contributed by atoms with E-state index in [0.29, 0.717) is 5.56 Å². The Labute approximate surface area is 142 Å². The predicted octanol–water partition coefficient (Wildman–Crippen LogP) is 0.388. The van der Waals surface area contributed by atoms with Crippen LogP contribution in [0.3, 0.4) is 0 Å². The zero-order valence-corrected chi connectivity index (χ0v) is 14.8. The third kappa shape index (κ3) is 3.79. The van der Waals surface area contributed by atoms with E-state index in [4.69, 9.17) is 0 Å². The van der Waals surface area contributed by atoms with Crippen molar-refractivity contribution in [3.8, 4) is 0 Å². The average Bonchev–Trinajstić information content (AvgIpc) is 3.16. The molecular formula is C15H20N2O5S2. The highest BCUT2D eigenvalue weighted by atomic mass is 32.2. The van der Waals surface area contributed by atoms with Crippen molar-refractivity contribution in [3.05, 3.63) is 29.8 Å². The van der Waals surface area contributed by atoms with Crippen molar-refractivity contribution in [1.82, 2.24) is 9.62 Å². The Hall–Kier alpha value is -1.45. The van der Waals surface area contributed by atoms with Crippen molar-refractivity contribution >= 4 is 25.8 Å². The van der Waals surface area contributed by atoms with Crippen molar-refractivity contribution in [1.29, 1.82) is 0 Å². The first-order chi connectivity index (χ1) is 11.3. The van der Waals surface area contributed by atoms with Crippen molar-refractivity contribution in [2.75, 3.05) is 24.6 Å². The number of nitrogens with zero attached hydrogens (tertiary/aromatic N) is 1. The smallest absolute Gasteiger partial charge is 0.253 e. The third-order valence-corrected chi connectivity index (χ3v) is 7.66. The van der Waals surface area contributed by atoms with Gasteiger partial charge in [0, 0.05) is 24.7 Å². The number of carbonyl (C=O) groups is 1. The van der Waals surface area contributed by atoms with E-state index in [1.54, 1.807) is 4.90 Å². The van der Waals surface area contributed by atoms with Crippen molar-refractivity contribution in [3.63, 3.8) is 0 Å². The summed E-state index contributed by atoms with van der Waals surface area (Å²) in [6, 6.07) is 5.18. The van der Waals surface area contributed by atoms with Crippen molar-refractivity contribution in [2.24, 2.45) is 0 Å². The Balaban J connectivity index is 1.71. The first-order valence-corrected chi connectivity index (χ1v) is 11.2. The van der Waals surface area contributed by atoms with Gasteiger partial charge in [0.1, 0.15) is 0 Å². The largest absolute Gasteiger partial charge is 0.339 e. The van der Waals surface area contributed by atoms with Crippen LogP contribution >= 0.6 is 0 Å². The summed E-state index contributed by atoms with van der Waals surface area (Å²) in [5.41, 5.74) is 0.458. The molecule has 3 rings (SSSR count). The highest BCUT2D eigenvalue weighted by molar-refractivity contribution is 7.92. The zero-order valence-electron chi connectivity index (χ0n) is 13.1. The first-order valence-electron chi connectivity index (χ1n) is 7.89. The number of carbonyl (C=O) groups excluding carboxylic acids is 1. The minimum atomic E-state index is -3.79. The molecule has 1 amide bonds. The molecule has 0 unspecified atom stereocenters. The fourth-order valence-corrected chi connectivity index (χ4v) is 6.10. The molecule has 1 aromatic rings. The lowest BCUT2D eigenvalue weighted by Crippen LogP contribution is -2.35. The molecule has 0 spiro atoms. The van der Waals surface area contributed by atoms with Gasteiger partial charge in [-0.05, 0) is 43.5 Å². The maximum atomic E-state index is 12.3. The summed E-state index contributed by atoms with van der Waals surface area (Å²) in [4.78, 5) is 14.0. The second kappa shape index (κ2) is 6.45. The van der Waals surface area contributed by atoms with Gasteiger partial charge in [-0.3, -0.25) is 4.79 Å². The summed E-state index contributed by atoms with van der Waals surface area (Å²) < 4.78 is 50.0. The SMILES string of the molecule is O=C(c1ccc(S(=O)(=O)N[C@H]2CCS(=O)(=O)C2)cc1)N1CCCC1. The van der Waals surface area contributed by atoms with Crippen LogP contribution in [0.15, 0.2) is 29.2 Å². The van der Waals surface area contributed by atoms with E-state index in [1.807, 2.05) is 0 Å². The second-order valence-corrected chi connectivity index (χ2v) is 10.2. The van der Waals surface area contributed by atoms with E-state index in [2.05, 4.69) is 4.72 Å². The van der Waals surface area contributed by atoms with Gasteiger partial charge in [-0.1, -0.05) is 0 Å². The van der Waals surface area contributed by atoms with E-state index < -0.39 is 25.9 Å². The standard InChI is InChI=1S/C15H20N2O5S2/c18-15(17-8-1-2-9-17)12-3-5-14(6-4-12)24(21,22)16-13-7-10-23(19,20)11-13/h3-6,13,16H,1-2,7-11H2/t13-/m0/s1. The summed E-state index contributed by atoms with van der Waals surface area (Å²) in [5.74, 6) is -0.257. The first kappa shape index (κ1) is 17.4. The molecule has 0 aromatic heterocycles. The number of hydrogen-bond donors (Lipinski definition) is 1. The molecule has 0 aliphatic carbocycles. The summed E-state index contributed by atoms with van der Waals surface area (Å²) in [5, 5.41) is 0. The fraction of sp³-hybridized carbons (Fsp3) is 0.533. The molecule has 2 aliphatic rings. The van der Waals surface area contributed by atoms with Gasteiger partial charge in [0.25, 0.3) is 5.91 Å². The Kier molecular flexibility index (Phi) is 4.67. The van der Waals surface area contributed by atoms with Gasteiger partial charge >= 0.3 is 0 Å². The van der Waals surface area contributed by atoms with Crippen molar-refractivity contribution < 1.29 is 21.6 Å². The van der Waals surface area contributed by atoms with Crippen LogP contribution in [0.4, 0.5) is 0 Å². The highest BCUT2D eigenvalue weighted by Gasteiger charge is 2.31. The van der Waals surface area contributed by atoms with Gasteiger partial charge in [-0.15, -0.1) is 0 Å². The molecule has 132 valence electrons. The van der Waals surface area contributed by atoms with Crippen LogP contribution in [0, 0.1) is 0 Å². The molecule has 0 bridgehead atoms.